The number of nitrogens with two attached hydrogens (primary N) is 1. The Morgan fingerprint density at radius 1 is 1.47 bits per heavy atom. The lowest BCUT2D eigenvalue weighted by Crippen LogP contribution is -2.41. The van der Waals surface area contributed by atoms with Gasteiger partial charge in [-0.2, -0.15) is 0 Å². The van der Waals surface area contributed by atoms with Crippen LogP contribution in [0.3, 0.4) is 0 Å². The molecular formula is C11H14N2O2. The van der Waals surface area contributed by atoms with E-state index in [0.29, 0.717) is 19.7 Å². The van der Waals surface area contributed by atoms with E-state index in [-0.39, 0.29) is 12.5 Å². The predicted octanol–water partition coefficient (Wildman–Crippen LogP) is 0.508. The number of carbonyl (C=O) groups excluding carboxylic acids is 1. The molecule has 0 aromatic heterocycles. The number of morpholine rings is 1. The minimum atomic E-state index is 0.00965. The highest BCUT2D eigenvalue weighted by molar-refractivity contribution is 5.94. The second-order valence-corrected chi connectivity index (χ2v) is 3.47. The first-order valence-corrected chi connectivity index (χ1v) is 4.98. The second-order valence-electron chi connectivity index (χ2n) is 3.47. The van der Waals surface area contributed by atoms with Gasteiger partial charge in [0.25, 0.3) is 5.91 Å². The number of nitrogens with zero attached hydrogens (tertiary/aromatic N) is 1. The van der Waals surface area contributed by atoms with Crippen molar-refractivity contribution in [2.75, 3.05) is 24.7 Å². The highest BCUT2D eigenvalue weighted by atomic mass is 16.5. The number of rotatable bonds is 2. The van der Waals surface area contributed by atoms with Crippen LogP contribution in [0.15, 0.2) is 24.3 Å². The Labute approximate surface area is 88.6 Å². The van der Waals surface area contributed by atoms with Crippen LogP contribution in [0, 0.1) is 0 Å². The molecule has 1 amide bonds. The lowest BCUT2D eigenvalue weighted by atomic mass is 10.2. The Kier molecular flexibility index (Phi) is 2.99. The van der Waals surface area contributed by atoms with Gasteiger partial charge in [-0.15, -0.1) is 0 Å². The summed E-state index contributed by atoms with van der Waals surface area (Å²) in [5.41, 5.74) is 7.50. The summed E-state index contributed by atoms with van der Waals surface area (Å²) in [6.07, 6.45) is 0. The maximum Gasteiger partial charge on any atom is 0.253 e. The molecule has 0 aliphatic carbocycles. The lowest BCUT2D eigenvalue weighted by Gasteiger charge is -2.27. The van der Waals surface area contributed by atoms with E-state index in [4.69, 9.17) is 10.5 Å². The summed E-state index contributed by atoms with van der Waals surface area (Å²) in [5.74, 6) is 0.00965. The van der Waals surface area contributed by atoms with Crippen molar-refractivity contribution in [3.05, 3.63) is 29.8 Å². The summed E-state index contributed by atoms with van der Waals surface area (Å²) in [5, 5.41) is 0. The first-order valence-electron chi connectivity index (χ1n) is 4.98. The highest BCUT2D eigenvalue weighted by Gasteiger charge is 2.19. The zero-order valence-corrected chi connectivity index (χ0v) is 8.48. The third kappa shape index (κ3) is 2.16. The molecule has 1 aliphatic rings. The Hall–Kier alpha value is -1.39. The zero-order chi connectivity index (χ0) is 10.7. The van der Waals surface area contributed by atoms with E-state index in [0.717, 1.165) is 11.3 Å². The quantitative estimate of drug-likeness (QED) is 0.767. The molecule has 80 valence electrons. The first-order chi connectivity index (χ1) is 7.31. The van der Waals surface area contributed by atoms with Gasteiger partial charge in [-0.3, -0.25) is 4.79 Å². The lowest BCUT2D eigenvalue weighted by molar-refractivity contribution is -0.125. The van der Waals surface area contributed by atoms with Crippen LogP contribution in [0.5, 0.6) is 0 Å². The fourth-order valence-corrected chi connectivity index (χ4v) is 1.64. The molecule has 2 rings (SSSR count). The molecule has 0 atom stereocenters. The number of amides is 1. The van der Waals surface area contributed by atoms with Gasteiger partial charge in [0.1, 0.15) is 6.61 Å². The SMILES string of the molecule is NCc1cccc(N2CCOCC2=O)c1. The molecule has 1 aromatic rings. The van der Waals surface area contributed by atoms with Crippen LogP contribution >= 0.6 is 0 Å². The van der Waals surface area contributed by atoms with Gasteiger partial charge in [0.2, 0.25) is 0 Å². The van der Waals surface area contributed by atoms with E-state index in [9.17, 15) is 4.79 Å². The van der Waals surface area contributed by atoms with Gasteiger partial charge in [0.15, 0.2) is 0 Å². The third-order valence-electron chi connectivity index (χ3n) is 2.44. The molecule has 1 aromatic carbocycles. The zero-order valence-electron chi connectivity index (χ0n) is 8.48. The first kappa shape index (κ1) is 10.1. The standard InChI is InChI=1S/C11H14N2O2/c12-7-9-2-1-3-10(6-9)13-4-5-15-8-11(13)14/h1-3,6H,4-5,7-8,12H2. The molecule has 0 saturated carbocycles. The fraction of sp³-hybridized carbons (Fsp3) is 0.364. The van der Waals surface area contributed by atoms with E-state index >= 15 is 0 Å². The number of ether oxygens (including phenoxy) is 1. The molecule has 0 bridgehead atoms. The van der Waals surface area contributed by atoms with Gasteiger partial charge in [-0.25, -0.2) is 0 Å². The van der Waals surface area contributed by atoms with Gasteiger partial charge in [0, 0.05) is 18.8 Å². The topological polar surface area (TPSA) is 55.6 Å². The van der Waals surface area contributed by atoms with Crippen molar-refractivity contribution in [1.29, 1.82) is 0 Å². The van der Waals surface area contributed by atoms with Crippen LogP contribution in [0.1, 0.15) is 5.56 Å². The van der Waals surface area contributed by atoms with Crippen molar-refractivity contribution in [2.45, 2.75) is 6.54 Å². The highest BCUT2D eigenvalue weighted by Crippen LogP contribution is 2.17. The Balaban J connectivity index is 2.23. The van der Waals surface area contributed by atoms with Crippen molar-refractivity contribution in [2.24, 2.45) is 5.73 Å². The number of anilines is 1. The van der Waals surface area contributed by atoms with Crippen LogP contribution in [-0.4, -0.2) is 25.7 Å². The Morgan fingerprint density at radius 3 is 3.07 bits per heavy atom. The van der Waals surface area contributed by atoms with Gasteiger partial charge < -0.3 is 15.4 Å². The molecule has 4 nitrogen and oxygen atoms in total. The average Bonchev–Trinajstić information content (AvgIpc) is 2.30. The molecule has 15 heavy (non-hydrogen) atoms. The predicted molar refractivity (Wildman–Crippen MR) is 57.5 cm³/mol. The number of hydrogen-bond acceptors (Lipinski definition) is 3. The minimum Gasteiger partial charge on any atom is -0.370 e. The normalized spacial score (nSPS) is 16.9. The molecule has 1 heterocycles. The van der Waals surface area contributed by atoms with Crippen molar-refractivity contribution < 1.29 is 9.53 Å². The molecule has 1 saturated heterocycles. The largest absolute Gasteiger partial charge is 0.370 e. The smallest absolute Gasteiger partial charge is 0.253 e. The average molecular weight is 206 g/mol. The van der Waals surface area contributed by atoms with Gasteiger partial charge in [-0.1, -0.05) is 12.1 Å². The van der Waals surface area contributed by atoms with E-state index in [2.05, 4.69) is 0 Å². The molecule has 4 heteroatoms. The van der Waals surface area contributed by atoms with Crippen LogP contribution in [0.25, 0.3) is 0 Å². The van der Waals surface area contributed by atoms with Crippen LogP contribution in [0.2, 0.25) is 0 Å². The van der Waals surface area contributed by atoms with E-state index in [1.54, 1.807) is 4.90 Å². The van der Waals surface area contributed by atoms with Gasteiger partial charge in [0.05, 0.1) is 6.61 Å². The molecule has 2 N–H and O–H groups in total. The van der Waals surface area contributed by atoms with Crippen molar-refractivity contribution in [3.63, 3.8) is 0 Å². The van der Waals surface area contributed by atoms with Crippen LogP contribution in [0.4, 0.5) is 5.69 Å². The van der Waals surface area contributed by atoms with Crippen molar-refractivity contribution >= 4 is 11.6 Å². The number of benzene rings is 1. The molecule has 0 unspecified atom stereocenters. The van der Waals surface area contributed by atoms with Crippen LogP contribution < -0.4 is 10.6 Å². The maximum atomic E-state index is 11.6. The summed E-state index contributed by atoms with van der Waals surface area (Å²) in [7, 11) is 0. The Morgan fingerprint density at radius 2 is 2.33 bits per heavy atom. The third-order valence-corrected chi connectivity index (χ3v) is 2.44. The Bertz CT molecular complexity index is 365. The fourth-order valence-electron chi connectivity index (χ4n) is 1.64. The second kappa shape index (κ2) is 4.42. The molecule has 1 aliphatic heterocycles. The maximum absolute atomic E-state index is 11.6. The van der Waals surface area contributed by atoms with Crippen molar-refractivity contribution in [1.82, 2.24) is 0 Å². The van der Waals surface area contributed by atoms with Gasteiger partial charge >= 0.3 is 0 Å². The number of carbonyl (C=O) groups is 1. The van der Waals surface area contributed by atoms with E-state index in [1.807, 2.05) is 24.3 Å². The molecule has 0 radical (unpaired) electrons. The minimum absolute atomic E-state index is 0.00965. The monoisotopic (exact) mass is 206 g/mol. The summed E-state index contributed by atoms with van der Waals surface area (Å²) in [6, 6.07) is 7.74. The van der Waals surface area contributed by atoms with Gasteiger partial charge in [-0.05, 0) is 17.7 Å². The summed E-state index contributed by atoms with van der Waals surface area (Å²) in [4.78, 5) is 13.3. The molecule has 1 fully saturated rings. The molecule has 0 spiro atoms. The summed E-state index contributed by atoms with van der Waals surface area (Å²) in [6.45, 7) is 1.88. The molecular weight excluding hydrogens is 192 g/mol. The summed E-state index contributed by atoms with van der Waals surface area (Å²) >= 11 is 0. The van der Waals surface area contributed by atoms with E-state index < -0.39 is 0 Å². The van der Waals surface area contributed by atoms with E-state index in [1.165, 1.54) is 0 Å². The summed E-state index contributed by atoms with van der Waals surface area (Å²) < 4.78 is 5.07. The van der Waals surface area contributed by atoms with Crippen LogP contribution in [-0.2, 0) is 16.1 Å². The van der Waals surface area contributed by atoms with Crippen molar-refractivity contribution in [3.8, 4) is 0 Å². The number of hydrogen-bond donors (Lipinski definition) is 1.